The lowest BCUT2D eigenvalue weighted by atomic mass is 9.92. The highest BCUT2D eigenvalue weighted by atomic mass is 35.5. The van der Waals surface area contributed by atoms with E-state index in [0.717, 1.165) is 0 Å². The number of carbonyl (C=O) groups is 2. The van der Waals surface area contributed by atoms with Gasteiger partial charge in [-0.05, 0) is 55.8 Å². The molecule has 0 spiro atoms. The van der Waals surface area contributed by atoms with Crippen LogP contribution in [0.25, 0.3) is 11.8 Å². The van der Waals surface area contributed by atoms with Crippen LogP contribution in [0.15, 0.2) is 82.1 Å². The van der Waals surface area contributed by atoms with Crippen molar-refractivity contribution in [1.29, 1.82) is 0 Å². The molecular weight excluding hydrogens is 682 g/mol. The number of fused-ring (bicyclic) bond motifs is 1. The Morgan fingerprint density at radius 3 is 2.46 bits per heavy atom. The highest BCUT2D eigenvalue weighted by Crippen LogP contribution is 2.40. The third-order valence-corrected chi connectivity index (χ3v) is 9.36. The van der Waals surface area contributed by atoms with Crippen molar-refractivity contribution >= 4 is 46.6 Å². The predicted molar refractivity (Wildman–Crippen MR) is 190 cm³/mol. The second kappa shape index (κ2) is 15.8. The van der Waals surface area contributed by atoms with Gasteiger partial charge in [-0.2, -0.15) is 0 Å². The van der Waals surface area contributed by atoms with Crippen molar-refractivity contribution in [2.24, 2.45) is 4.99 Å². The van der Waals surface area contributed by atoms with Gasteiger partial charge < -0.3 is 28.6 Å². The van der Waals surface area contributed by atoms with Crippen LogP contribution in [-0.2, 0) is 19.1 Å². The van der Waals surface area contributed by atoms with Crippen molar-refractivity contribution in [3.05, 3.63) is 114 Å². The van der Waals surface area contributed by atoms with E-state index in [1.807, 2.05) is 37.3 Å². The van der Waals surface area contributed by atoms with Gasteiger partial charge in [-0.3, -0.25) is 14.2 Å². The van der Waals surface area contributed by atoms with Gasteiger partial charge in [-0.25, -0.2) is 9.79 Å². The zero-order chi connectivity index (χ0) is 35.2. The third kappa shape index (κ3) is 7.32. The fraction of sp³-hybridized carbons (Fsp3) is 0.297. The molecule has 1 fully saturated rings. The molecule has 3 aromatic carbocycles. The van der Waals surface area contributed by atoms with Crippen LogP contribution < -0.4 is 29.1 Å². The van der Waals surface area contributed by atoms with Gasteiger partial charge in [0.05, 0.1) is 49.3 Å². The number of nitrogens with zero attached hydrogens (tertiary/aromatic N) is 3. The summed E-state index contributed by atoms with van der Waals surface area (Å²) >= 11 is 7.68. The molecule has 2 aliphatic heterocycles. The fourth-order valence-electron chi connectivity index (χ4n) is 5.85. The molecule has 0 N–H and O–H groups in total. The Morgan fingerprint density at radius 2 is 1.74 bits per heavy atom. The molecule has 2 aliphatic rings. The lowest BCUT2D eigenvalue weighted by molar-refractivity contribution is -0.139. The summed E-state index contributed by atoms with van der Waals surface area (Å²) in [5, 5.41) is 0.404. The Balaban J connectivity index is 1.47. The number of methoxy groups -OCH3 is 1. The molecule has 260 valence electrons. The molecule has 6 rings (SSSR count). The van der Waals surface area contributed by atoms with E-state index in [4.69, 9.17) is 40.3 Å². The number of rotatable bonds is 11. The van der Waals surface area contributed by atoms with Crippen molar-refractivity contribution in [3.8, 4) is 17.2 Å². The second-order valence-electron chi connectivity index (χ2n) is 11.2. The maximum atomic E-state index is 14.4. The molecule has 1 saturated heterocycles. The number of morpholine rings is 1. The smallest absolute Gasteiger partial charge is 0.338 e. The van der Waals surface area contributed by atoms with Gasteiger partial charge in [0.1, 0.15) is 11.8 Å². The Kier molecular flexibility index (Phi) is 11.0. The summed E-state index contributed by atoms with van der Waals surface area (Å²) in [4.78, 5) is 47.9. The summed E-state index contributed by atoms with van der Waals surface area (Å²) in [5.41, 5.74) is 2.05. The first-order valence-corrected chi connectivity index (χ1v) is 17.4. The Morgan fingerprint density at radius 1 is 0.980 bits per heavy atom. The van der Waals surface area contributed by atoms with E-state index >= 15 is 0 Å². The van der Waals surface area contributed by atoms with Crippen molar-refractivity contribution in [2.75, 3.05) is 53.2 Å². The van der Waals surface area contributed by atoms with E-state index < -0.39 is 12.0 Å². The lowest BCUT2D eigenvalue weighted by Crippen LogP contribution is -2.43. The van der Waals surface area contributed by atoms with Crippen molar-refractivity contribution in [2.45, 2.75) is 19.9 Å². The molecule has 0 bridgehead atoms. The van der Waals surface area contributed by atoms with Crippen LogP contribution in [0.5, 0.6) is 17.2 Å². The molecule has 0 saturated carbocycles. The summed E-state index contributed by atoms with van der Waals surface area (Å²) in [7, 11) is 1.52. The molecule has 0 aliphatic carbocycles. The standard InChI is InChI=1S/C37H36ClN3O8S/c1-4-47-29-19-23(11-13-28(29)49-22-31(42)40-15-17-46-18-16-40)20-30-35(43)41-34(26-21-25(38)12-14-27(26)45-3)32(36(44)48-5-2)33(39-37(41)50-30)24-9-7-6-8-10-24/h6-14,19-21,34H,4-5,15-18,22H2,1-3H3/b30-20-/t34-/m0/s1. The van der Waals surface area contributed by atoms with E-state index in [2.05, 4.69) is 0 Å². The van der Waals surface area contributed by atoms with Crippen LogP contribution in [-0.4, -0.2) is 74.6 Å². The van der Waals surface area contributed by atoms with E-state index in [0.29, 0.717) is 86.9 Å². The number of benzene rings is 3. The maximum Gasteiger partial charge on any atom is 0.338 e. The SMILES string of the molecule is CCOC(=O)C1=C(c2ccccc2)N=c2s/c(=C\c3ccc(OCC(=O)N4CCOCC4)c(OCC)c3)c(=O)n2[C@H]1c1cc(Cl)ccc1OC. The Labute approximate surface area is 297 Å². The molecule has 4 aromatic rings. The number of hydrogen-bond donors (Lipinski definition) is 0. The first kappa shape index (κ1) is 34.9. The zero-order valence-corrected chi connectivity index (χ0v) is 29.4. The highest BCUT2D eigenvalue weighted by molar-refractivity contribution is 7.07. The fourth-order valence-corrected chi connectivity index (χ4v) is 7.03. The zero-order valence-electron chi connectivity index (χ0n) is 27.8. The average molecular weight is 718 g/mol. The van der Waals surface area contributed by atoms with Crippen LogP contribution in [0.3, 0.4) is 0 Å². The number of thiazole rings is 1. The van der Waals surface area contributed by atoms with Gasteiger partial charge in [-0.1, -0.05) is 59.3 Å². The minimum absolute atomic E-state index is 0.122. The molecular formula is C37H36ClN3O8S. The molecule has 0 radical (unpaired) electrons. The predicted octanol–water partition coefficient (Wildman–Crippen LogP) is 4.23. The summed E-state index contributed by atoms with van der Waals surface area (Å²) in [5.74, 6) is 0.534. The van der Waals surface area contributed by atoms with Gasteiger partial charge in [0.2, 0.25) is 0 Å². The van der Waals surface area contributed by atoms with Crippen molar-refractivity contribution in [1.82, 2.24) is 9.47 Å². The van der Waals surface area contributed by atoms with Crippen molar-refractivity contribution in [3.63, 3.8) is 0 Å². The number of halogens is 1. The molecule has 0 unspecified atom stereocenters. The van der Waals surface area contributed by atoms with Crippen LogP contribution in [0.4, 0.5) is 0 Å². The lowest BCUT2D eigenvalue weighted by Gasteiger charge is -2.27. The van der Waals surface area contributed by atoms with Crippen molar-refractivity contribution < 1.29 is 33.3 Å². The van der Waals surface area contributed by atoms with E-state index in [9.17, 15) is 14.4 Å². The number of amides is 1. The minimum Gasteiger partial charge on any atom is -0.496 e. The van der Waals surface area contributed by atoms with Gasteiger partial charge in [0.15, 0.2) is 22.9 Å². The van der Waals surface area contributed by atoms with Gasteiger partial charge in [0.25, 0.3) is 11.5 Å². The Hall–Kier alpha value is -4.91. The summed E-state index contributed by atoms with van der Waals surface area (Å²) in [6, 6.07) is 18.6. The maximum absolute atomic E-state index is 14.4. The monoisotopic (exact) mass is 717 g/mol. The van der Waals surface area contributed by atoms with Crippen LogP contribution >= 0.6 is 22.9 Å². The van der Waals surface area contributed by atoms with Crippen LogP contribution in [0.2, 0.25) is 5.02 Å². The minimum atomic E-state index is -0.963. The van der Waals surface area contributed by atoms with Gasteiger partial charge >= 0.3 is 5.97 Å². The quantitative estimate of drug-likeness (QED) is 0.212. The summed E-state index contributed by atoms with van der Waals surface area (Å²) in [6.07, 6.45) is 1.73. The number of carbonyl (C=O) groups excluding carboxylic acids is 2. The molecule has 1 amide bonds. The van der Waals surface area contributed by atoms with Crippen LogP contribution in [0.1, 0.15) is 36.6 Å². The first-order chi connectivity index (χ1) is 24.3. The first-order valence-electron chi connectivity index (χ1n) is 16.2. The second-order valence-corrected chi connectivity index (χ2v) is 12.7. The van der Waals surface area contributed by atoms with E-state index in [-0.39, 0.29) is 30.3 Å². The molecule has 50 heavy (non-hydrogen) atoms. The number of esters is 1. The number of aromatic nitrogens is 1. The average Bonchev–Trinajstić information content (AvgIpc) is 3.45. The number of hydrogen-bond acceptors (Lipinski definition) is 10. The van der Waals surface area contributed by atoms with Gasteiger partial charge in [-0.15, -0.1) is 0 Å². The highest BCUT2D eigenvalue weighted by Gasteiger charge is 2.37. The topological polar surface area (TPSA) is 118 Å². The van der Waals surface area contributed by atoms with Crippen LogP contribution in [0, 0.1) is 0 Å². The summed E-state index contributed by atoms with van der Waals surface area (Å²) < 4.78 is 30.2. The van der Waals surface area contributed by atoms with E-state index in [1.54, 1.807) is 54.3 Å². The largest absolute Gasteiger partial charge is 0.496 e. The van der Waals surface area contributed by atoms with E-state index in [1.165, 1.54) is 23.0 Å². The molecule has 3 heterocycles. The molecule has 11 nitrogen and oxygen atoms in total. The molecule has 1 aromatic heterocycles. The molecule has 1 atom stereocenters. The molecule has 13 heteroatoms. The third-order valence-electron chi connectivity index (χ3n) is 8.14. The summed E-state index contributed by atoms with van der Waals surface area (Å²) in [6.45, 7) is 5.96. The normalized spacial score (nSPS) is 16.0. The number of ether oxygens (including phenoxy) is 5. The Bertz CT molecular complexity index is 2100. The van der Waals surface area contributed by atoms with Gasteiger partial charge in [0, 0.05) is 29.2 Å².